The molecule has 0 radical (unpaired) electrons. The Morgan fingerprint density at radius 3 is 2.03 bits per heavy atom. The molecule has 0 saturated heterocycles. The maximum absolute atomic E-state index is 13.7. The summed E-state index contributed by atoms with van der Waals surface area (Å²) < 4.78 is 19.2. The lowest BCUT2D eigenvalue weighted by atomic mass is 10.1. The first-order chi connectivity index (χ1) is 27.9. The quantitative estimate of drug-likeness (QED) is 0.0703. The van der Waals surface area contributed by atoms with Crippen LogP contribution in [0.15, 0.2) is 48.6 Å². The van der Waals surface area contributed by atoms with Gasteiger partial charge in [0.05, 0.1) is 35.1 Å². The van der Waals surface area contributed by atoms with E-state index in [4.69, 9.17) is 30.9 Å². The number of nitrogens with one attached hydrogen (secondary N) is 3. The van der Waals surface area contributed by atoms with Gasteiger partial charge in [-0.3, -0.25) is 43.7 Å². The summed E-state index contributed by atoms with van der Waals surface area (Å²) in [6, 6.07) is 9.13. The molecule has 7 N–H and O–H groups in total. The van der Waals surface area contributed by atoms with Crippen LogP contribution in [0.2, 0.25) is 0 Å². The number of aromatic nitrogens is 8. The summed E-state index contributed by atoms with van der Waals surface area (Å²) in [5, 5.41) is 17.8. The second-order valence-corrected chi connectivity index (χ2v) is 13.8. The zero-order chi connectivity index (χ0) is 41.2. The standard InChI is InChI=1S/C39H45N13O6/c1-6-50-28(14-21(3)47-50)36(55)45-38-43-26-16-23(34(40)53)18-30(57-13-9-11-42-5)32(26)49(38)12-8-10-25-20-58-31-19-24(35(41)54)17-27-33(31)52(25)39(44-27)46-37(56)29-15-22(4)48-51(29)7-2/h8,10,14-19,25,42H,6-7,9,11-13,20H2,1-5H3,(H2,40,53)(H2,41,54)(H,43,45,55)(H,44,46,56)/b10-8+/t25-/m0/s1. The average molecular weight is 792 g/mol. The van der Waals surface area contributed by atoms with Gasteiger partial charge in [-0.25, -0.2) is 9.97 Å². The van der Waals surface area contributed by atoms with Crippen LogP contribution in [0.4, 0.5) is 11.9 Å². The van der Waals surface area contributed by atoms with E-state index in [1.54, 1.807) is 50.3 Å². The highest BCUT2D eigenvalue weighted by Gasteiger charge is 2.29. The number of rotatable bonds is 16. The van der Waals surface area contributed by atoms with E-state index in [-0.39, 0.29) is 36.2 Å². The highest BCUT2D eigenvalue weighted by atomic mass is 16.5. The molecule has 1 atom stereocenters. The Hall–Kier alpha value is -7.02. The number of carbonyl (C=O) groups is 4. The molecule has 7 rings (SSSR count). The van der Waals surface area contributed by atoms with Gasteiger partial charge in [-0.15, -0.1) is 0 Å². The number of nitrogens with two attached hydrogens (primary N) is 2. The number of benzene rings is 2. The average Bonchev–Trinajstić information content (AvgIpc) is 3.97. The van der Waals surface area contributed by atoms with E-state index < -0.39 is 29.7 Å². The number of imidazole rings is 2. The highest BCUT2D eigenvalue weighted by Crippen LogP contribution is 2.38. The van der Waals surface area contributed by atoms with Crippen molar-refractivity contribution in [2.24, 2.45) is 11.5 Å². The third kappa shape index (κ3) is 7.58. The van der Waals surface area contributed by atoms with E-state index in [2.05, 4.69) is 26.1 Å². The fourth-order valence-electron chi connectivity index (χ4n) is 7.03. The van der Waals surface area contributed by atoms with E-state index in [1.807, 2.05) is 51.5 Å². The number of amides is 4. The summed E-state index contributed by atoms with van der Waals surface area (Å²) in [7, 11) is 1.84. The van der Waals surface area contributed by atoms with Gasteiger partial charge in [-0.2, -0.15) is 10.2 Å². The number of primary amides is 2. The summed E-state index contributed by atoms with van der Waals surface area (Å²) in [5.74, 6) is -0.985. The Balaban J connectivity index is 1.29. The van der Waals surface area contributed by atoms with Gasteiger partial charge >= 0.3 is 0 Å². The Bertz CT molecular complexity index is 2610. The molecule has 0 spiro atoms. The number of hydrogen-bond donors (Lipinski definition) is 5. The Kier molecular flexibility index (Phi) is 11.0. The molecular formula is C39H45N13O6. The van der Waals surface area contributed by atoms with Gasteiger partial charge in [0.1, 0.15) is 40.5 Å². The van der Waals surface area contributed by atoms with Gasteiger partial charge in [-0.1, -0.05) is 12.2 Å². The number of nitrogens with zero attached hydrogens (tertiary/aromatic N) is 8. The minimum Gasteiger partial charge on any atom is -0.491 e. The predicted octanol–water partition coefficient (Wildman–Crippen LogP) is 3.32. The molecule has 0 bridgehead atoms. The Labute approximate surface area is 332 Å². The van der Waals surface area contributed by atoms with Crippen LogP contribution >= 0.6 is 0 Å². The maximum atomic E-state index is 13.7. The molecule has 0 fully saturated rings. The second kappa shape index (κ2) is 16.2. The molecule has 4 amide bonds. The number of allylic oxidation sites excluding steroid dienone is 1. The molecular weight excluding hydrogens is 747 g/mol. The van der Waals surface area contributed by atoms with Gasteiger partial charge in [0.2, 0.25) is 23.7 Å². The van der Waals surface area contributed by atoms with Crippen LogP contribution in [0, 0.1) is 13.8 Å². The van der Waals surface area contributed by atoms with E-state index in [0.29, 0.717) is 89.0 Å². The summed E-state index contributed by atoms with van der Waals surface area (Å²) in [6.45, 7) is 9.67. The lowest BCUT2D eigenvalue weighted by molar-refractivity contribution is 0.0991. The van der Waals surface area contributed by atoms with E-state index in [1.165, 1.54) is 0 Å². The van der Waals surface area contributed by atoms with Crippen molar-refractivity contribution in [3.05, 3.63) is 82.5 Å². The molecule has 19 nitrogen and oxygen atoms in total. The molecule has 302 valence electrons. The number of hydrogen-bond acceptors (Lipinski definition) is 11. The van der Waals surface area contributed by atoms with Crippen molar-refractivity contribution in [2.75, 3.05) is 37.4 Å². The molecule has 5 heterocycles. The second-order valence-electron chi connectivity index (χ2n) is 13.8. The molecule has 1 aliphatic rings. The van der Waals surface area contributed by atoms with Crippen LogP contribution in [0.3, 0.4) is 0 Å². The van der Waals surface area contributed by atoms with Gasteiger partial charge in [-0.05, 0) is 84.1 Å². The third-order valence-corrected chi connectivity index (χ3v) is 9.66. The first kappa shape index (κ1) is 39.2. The molecule has 0 aliphatic carbocycles. The molecule has 58 heavy (non-hydrogen) atoms. The van der Waals surface area contributed by atoms with Crippen molar-refractivity contribution < 1.29 is 28.7 Å². The zero-order valence-electron chi connectivity index (χ0n) is 32.8. The summed E-state index contributed by atoms with van der Waals surface area (Å²) >= 11 is 0. The number of carbonyl (C=O) groups excluding carboxylic acids is 4. The molecule has 1 aliphatic heterocycles. The normalized spacial score (nSPS) is 13.6. The first-order valence-corrected chi connectivity index (χ1v) is 18.9. The SMILES string of the molecule is CCn1nc(C)cc1C(=O)Nc1nc2cc(C(N)=O)cc(OCCCNC)c2n1C/C=C/[C@H]1COc2cc(C(N)=O)cc3nc(NC(=O)c4cc(C)nn4CC)n1c23. The largest absolute Gasteiger partial charge is 0.491 e. The highest BCUT2D eigenvalue weighted by molar-refractivity contribution is 6.05. The van der Waals surface area contributed by atoms with Gasteiger partial charge in [0.15, 0.2) is 0 Å². The maximum Gasteiger partial charge on any atom is 0.276 e. The Morgan fingerprint density at radius 1 is 0.845 bits per heavy atom. The van der Waals surface area contributed by atoms with E-state index in [9.17, 15) is 19.2 Å². The van der Waals surface area contributed by atoms with Gasteiger partial charge < -0.3 is 30.8 Å². The van der Waals surface area contributed by atoms with Crippen molar-refractivity contribution >= 4 is 57.6 Å². The summed E-state index contributed by atoms with van der Waals surface area (Å²) in [4.78, 5) is 61.5. The number of ether oxygens (including phenoxy) is 2. The molecule has 0 unspecified atom stereocenters. The smallest absolute Gasteiger partial charge is 0.276 e. The fraction of sp³-hybridized carbons (Fsp3) is 0.333. The lowest BCUT2D eigenvalue weighted by Crippen LogP contribution is -2.25. The van der Waals surface area contributed by atoms with E-state index in [0.717, 1.165) is 0 Å². The van der Waals surface area contributed by atoms with Crippen molar-refractivity contribution in [3.8, 4) is 11.5 Å². The summed E-state index contributed by atoms with van der Waals surface area (Å²) in [5.41, 5.74) is 15.7. The van der Waals surface area contributed by atoms with Crippen LogP contribution in [-0.4, -0.2) is 89.1 Å². The topological polar surface area (TPSA) is 246 Å². The fourth-order valence-corrected chi connectivity index (χ4v) is 7.03. The number of fused-ring (bicyclic) bond motifs is 1. The number of aryl methyl sites for hydroxylation is 4. The molecule has 4 aromatic heterocycles. The number of anilines is 2. The van der Waals surface area contributed by atoms with Crippen LogP contribution in [0.1, 0.15) is 79.4 Å². The monoisotopic (exact) mass is 791 g/mol. The van der Waals surface area contributed by atoms with Crippen LogP contribution in [0.5, 0.6) is 11.5 Å². The van der Waals surface area contributed by atoms with Gasteiger partial charge in [0.25, 0.3) is 11.8 Å². The molecule has 2 aromatic carbocycles. The minimum absolute atomic E-state index is 0.114. The predicted molar refractivity (Wildman–Crippen MR) is 215 cm³/mol. The van der Waals surface area contributed by atoms with E-state index >= 15 is 0 Å². The van der Waals surface area contributed by atoms with Crippen molar-refractivity contribution in [1.29, 1.82) is 0 Å². The Morgan fingerprint density at radius 2 is 1.43 bits per heavy atom. The zero-order valence-corrected chi connectivity index (χ0v) is 32.8. The van der Waals surface area contributed by atoms with Crippen molar-refractivity contribution in [1.82, 2.24) is 44.0 Å². The molecule has 19 heteroatoms. The minimum atomic E-state index is -0.659. The van der Waals surface area contributed by atoms with Gasteiger partial charge in [0, 0.05) is 30.8 Å². The first-order valence-electron chi connectivity index (χ1n) is 18.9. The summed E-state index contributed by atoms with van der Waals surface area (Å²) in [6.07, 6.45) is 4.44. The molecule has 6 aromatic rings. The van der Waals surface area contributed by atoms with Crippen LogP contribution < -0.4 is 36.9 Å². The molecule has 0 saturated carbocycles. The third-order valence-electron chi connectivity index (χ3n) is 9.66. The van der Waals surface area contributed by atoms with Crippen LogP contribution in [-0.2, 0) is 19.6 Å². The van der Waals surface area contributed by atoms with Crippen LogP contribution in [0.25, 0.3) is 22.1 Å². The van der Waals surface area contributed by atoms with Crippen molar-refractivity contribution in [2.45, 2.75) is 59.8 Å². The van der Waals surface area contributed by atoms with Crippen molar-refractivity contribution in [3.63, 3.8) is 0 Å². The lowest BCUT2D eigenvalue weighted by Gasteiger charge is -2.25.